The zero-order valence-electron chi connectivity index (χ0n) is 11.7. The lowest BCUT2D eigenvalue weighted by molar-refractivity contribution is 0.0940. The van der Waals surface area contributed by atoms with E-state index >= 15 is 0 Å². The third kappa shape index (κ3) is 4.47. The Bertz CT molecular complexity index is 375. The van der Waals surface area contributed by atoms with Crippen LogP contribution in [-0.2, 0) is 0 Å². The summed E-state index contributed by atoms with van der Waals surface area (Å²) in [6, 6.07) is 3.67. The lowest BCUT2D eigenvalue weighted by atomic mass is 10.0. The van der Waals surface area contributed by atoms with Crippen molar-refractivity contribution in [2.45, 2.75) is 46.5 Å². The Labute approximate surface area is 110 Å². The maximum Gasteiger partial charge on any atom is 0.169 e. The number of carbonyl (C=O) groups is 1. The largest absolute Gasteiger partial charge is 0.369 e. The first-order valence-corrected chi connectivity index (χ1v) is 6.90. The molecule has 3 nitrogen and oxygen atoms in total. The summed E-state index contributed by atoms with van der Waals surface area (Å²) in [6.07, 6.45) is 6.58. The highest BCUT2D eigenvalue weighted by Crippen LogP contribution is 2.16. The van der Waals surface area contributed by atoms with Gasteiger partial charge in [-0.05, 0) is 18.6 Å². The van der Waals surface area contributed by atoms with Crippen LogP contribution in [-0.4, -0.2) is 17.3 Å². The van der Waals surface area contributed by atoms with Crippen LogP contribution in [0.15, 0.2) is 18.3 Å². The minimum Gasteiger partial charge on any atom is -0.369 e. The molecule has 18 heavy (non-hydrogen) atoms. The predicted octanol–water partition coefficient (Wildman–Crippen LogP) is 3.91. The zero-order valence-corrected chi connectivity index (χ0v) is 11.7. The quantitative estimate of drug-likeness (QED) is 0.560. The molecule has 0 unspecified atom stereocenters. The van der Waals surface area contributed by atoms with Crippen LogP contribution in [0.1, 0.15) is 56.8 Å². The average molecular weight is 248 g/mol. The molecule has 0 radical (unpaired) electrons. The van der Waals surface area contributed by atoms with Gasteiger partial charge in [-0.1, -0.05) is 40.0 Å². The Morgan fingerprint density at radius 3 is 2.78 bits per heavy atom. The molecular formula is C15H24N2O. The Morgan fingerprint density at radius 1 is 1.33 bits per heavy atom. The minimum absolute atomic E-state index is 0.00911. The topological polar surface area (TPSA) is 42.0 Å². The smallest absolute Gasteiger partial charge is 0.169 e. The van der Waals surface area contributed by atoms with E-state index in [0.717, 1.165) is 18.8 Å². The molecule has 1 rings (SSSR count). The monoisotopic (exact) mass is 248 g/mol. The van der Waals surface area contributed by atoms with Gasteiger partial charge in [0.15, 0.2) is 5.78 Å². The van der Waals surface area contributed by atoms with Gasteiger partial charge in [-0.3, -0.25) is 4.79 Å². The first-order valence-electron chi connectivity index (χ1n) is 6.90. The highest BCUT2D eigenvalue weighted by atomic mass is 16.1. The van der Waals surface area contributed by atoms with Crippen molar-refractivity contribution in [3.8, 4) is 0 Å². The van der Waals surface area contributed by atoms with Crippen LogP contribution in [0.2, 0.25) is 0 Å². The summed E-state index contributed by atoms with van der Waals surface area (Å²) >= 11 is 0. The standard InChI is InChI=1S/C15H24N2O/c1-4-5-6-7-10-16-15-13(9-8-11-17-15)14(18)12(2)3/h8-9,11-12H,4-7,10H2,1-3H3,(H,16,17). The number of nitrogens with zero attached hydrogens (tertiary/aromatic N) is 1. The number of carbonyl (C=O) groups excluding carboxylic acids is 1. The summed E-state index contributed by atoms with van der Waals surface area (Å²) in [5.41, 5.74) is 0.711. The molecule has 1 heterocycles. The van der Waals surface area contributed by atoms with Crippen LogP contribution in [0.5, 0.6) is 0 Å². The maximum absolute atomic E-state index is 12.0. The summed E-state index contributed by atoms with van der Waals surface area (Å²) in [7, 11) is 0. The molecule has 100 valence electrons. The molecule has 1 aromatic heterocycles. The molecule has 0 spiro atoms. The van der Waals surface area contributed by atoms with Crippen molar-refractivity contribution < 1.29 is 4.79 Å². The van der Waals surface area contributed by atoms with Gasteiger partial charge < -0.3 is 5.32 Å². The normalized spacial score (nSPS) is 10.7. The second-order valence-electron chi connectivity index (χ2n) is 4.91. The first kappa shape index (κ1) is 14.7. The van der Waals surface area contributed by atoms with Crippen molar-refractivity contribution in [2.24, 2.45) is 5.92 Å². The molecule has 0 bridgehead atoms. The van der Waals surface area contributed by atoms with Crippen molar-refractivity contribution in [1.29, 1.82) is 0 Å². The number of rotatable bonds is 8. The molecule has 0 fully saturated rings. The predicted molar refractivity (Wildman–Crippen MR) is 76.0 cm³/mol. The second kappa shape index (κ2) is 7.85. The highest BCUT2D eigenvalue weighted by Gasteiger charge is 2.14. The summed E-state index contributed by atoms with van der Waals surface area (Å²) in [4.78, 5) is 16.3. The number of nitrogens with one attached hydrogen (secondary N) is 1. The fourth-order valence-corrected chi connectivity index (χ4v) is 1.81. The van der Waals surface area contributed by atoms with E-state index in [4.69, 9.17) is 0 Å². The van der Waals surface area contributed by atoms with Crippen LogP contribution in [0.3, 0.4) is 0 Å². The Morgan fingerprint density at radius 2 is 2.11 bits per heavy atom. The average Bonchev–Trinajstić information content (AvgIpc) is 2.38. The number of Topliss-reactive ketones (excluding diaryl/α,β-unsaturated/α-hetero) is 1. The molecule has 0 saturated heterocycles. The lowest BCUT2D eigenvalue weighted by Gasteiger charge is -2.11. The molecule has 3 heteroatoms. The maximum atomic E-state index is 12.0. The summed E-state index contributed by atoms with van der Waals surface area (Å²) in [5, 5.41) is 3.28. The third-order valence-corrected chi connectivity index (χ3v) is 2.92. The van der Waals surface area contributed by atoms with E-state index < -0.39 is 0 Å². The summed E-state index contributed by atoms with van der Waals surface area (Å²) in [5.74, 6) is 0.890. The lowest BCUT2D eigenvalue weighted by Crippen LogP contribution is -2.13. The molecule has 1 aromatic rings. The van der Waals surface area contributed by atoms with E-state index in [0.29, 0.717) is 5.56 Å². The van der Waals surface area contributed by atoms with Gasteiger partial charge in [0.05, 0.1) is 5.56 Å². The summed E-state index contributed by atoms with van der Waals surface area (Å²) < 4.78 is 0. The zero-order chi connectivity index (χ0) is 13.4. The highest BCUT2D eigenvalue weighted by molar-refractivity contribution is 6.01. The molecule has 0 atom stereocenters. The molecular weight excluding hydrogens is 224 g/mol. The van der Waals surface area contributed by atoms with Crippen LogP contribution < -0.4 is 5.32 Å². The number of anilines is 1. The van der Waals surface area contributed by atoms with E-state index in [9.17, 15) is 4.79 Å². The van der Waals surface area contributed by atoms with Crippen LogP contribution in [0, 0.1) is 5.92 Å². The molecule has 0 aliphatic heterocycles. The molecule has 0 aliphatic rings. The van der Waals surface area contributed by atoms with Gasteiger partial charge in [0.1, 0.15) is 5.82 Å². The van der Waals surface area contributed by atoms with Gasteiger partial charge in [-0.25, -0.2) is 4.98 Å². The number of unbranched alkanes of at least 4 members (excludes halogenated alkanes) is 3. The Hall–Kier alpha value is -1.38. The van der Waals surface area contributed by atoms with Crippen LogP contribution >= 0.6 is 0 Å². The van der Waals surface area contributed by atoms with Gasteiger partial charge in [0, 0.05) is 18.7 Å². The number of aromatic nitrogens is 1. The number of ketones is 1. The minimum atomic E-state index is 0.00911. The van der Waals surface area contributed by atoms with Gasteiger partial charge in [0.2, 0.25) is 0 Å². The van der Waals surface area contributed by atoms with Crippen LogP contribution in [0.4, 0.5) is 5.82 Å². The van der Waals surface area contributed by atoms with E-state index in [1.807, 2.05) is 26.0 Å². The fourth-order valence-electron chi connectivity index (χ4n) is 1.81. The SMILES string of the molecule is CCCCCCNc1ncccc1C(=O)C(C)C. The van der Waals surface area contributed by atoms with E-state index in [-0.39, 0.29) is 11.7 Å². The van der Waals surface area contributed by atoms with Gasteiger partial charge >= 0.3 is 0 Å². The Balaban J connectivity index is 2.57. The number of hydrogen-bond acceptors (Lipinski definition) is 3. The Kier molecular flexibility index (Phi) is 6.40. The molecule has 0 amide bonds. The van der Waals surface area contributed by atoms with Crippen molar-refractivity contribution >= 4 is 11.6 Å². The number of pyridine rings is 1. The summed E-state index contributed by atoms with van der Waals surface area (Å²) in [6.45, 7) is 6.92. The van der Waals surface area contributed by atoms with Crippen molar-refractivity contribution in [2.75, 3.05) is 11.9 Å². The number of hydrogen-bond donors (Lipinski definition) is 1. The van der Waals surface area contributed by atoms with Crippen molar-refractivity contribution in [3.05, 3.63) is 23.9 Å². The second-order valence-corrected chi connectivity index (χ2v) is 4.91. The molecule has 1 N–H and O–H groups in total. The van der Waals surface area contributed by atoms with E-state index in [1.165, 1.54) is 19.3 Å². The fraction of sp³-hybridized carbons (Fsp3) is 0.600. The molecule has 0 aromatic carbocycles. The van der Waals surface area contributed by atoms with Gasteiger partial charge in [-0.15, -0.1) is 0 Å². The van der Waals surface area contributed by atoms with Gasteiger partial charge in [0.25, 0.3) is 0 Å². The molecule has 0 saturated carbocycles. The molecule has 0 aliphatic carbocycles. The first-order chi connectivity index (χ1) is 8.66. The van der Waals surface area contributed by atoms with E-state index in [2.05, 4.69) is 17.2 Å². The van der Waals surface area contributed by atoms with Crippen molar-refractivity contribution in [1.82, 2.24) is 4.98 Å². The third-order valence-electron chi connectivity index (χ3n) is 2.92. The van der Waals surface area contributed by atoms with Crippen molar-refractivity contribution in [3.63, 3.8) is 0 Å². The van der Waals surface area contributed by atoms with Crippen LogP contribution in [0.25, 0.3) is 0 Å². The van der Waals surface area contributed by atoms with Gasteiger partial charge in [-0.2, -0.15) is 0 Å². The van der Waals surface area contributed by atoms with E-state index in [1.54, 1.807) is 6.20 Å².